The lowest BCUT2D eigenvalue weighted by atomic mass is 10.0. The van der Waals surface area contributed by atoms with Crippen molar-refractivity contribution in [2.75, 3.05) is 0 Å². The Morgan fingerprint density at radius 2 is 0.870 bits per heavy atom. The van der Waals surface area contributed by atoms with Gasteiger partial charge in [0.2, 0.25) is 0 Å². The summed E-state index contributed by atoms with van der Waals surface area (Å²) in [5.41, 5.74) is 9.47. The average molecular weight is 586 g/mol. The second-order valence-corrected chi connectivity index (χ2v) is 12.1. The second-order valence-electron chi connectivity index (χ2n) is 12.1. The zero-order valence-corrected chi connectivity index (χ0v) is 24.9. The van der Waals surface area contributed by atoms with Gasteiger partial charge >= 0.3 is 0 Å². The van der Waals surface area contributed by atoms with Crippen molar-refractivity contribution in [2.24, 2.45) is 0 Å². The summed E-state index contributed by atoms with van der Waals surface area (Å²) in [7, 11) is 0. The predicted molar refractivity (Wildman–Crippen MR) is 193 cm³/mol. The maximum Gasteiger partial charge on any atom is 0.0547 e. The Kier molecular flexibility index (Phi) is 5.28. The van der Waals surface area contributed by atoms with Crippen molar-refractivity contribution in [1.82, 2.24) is 14.1 Å². The number of fused-ring (bicyclic) bond motifs is 8. The topological polar surface area (TPSA) is 22.8 Å². The van der Waals surface area contributed by atoms with Gasteiger partial charge in [-0.15, -0.1) is 0 Å². The van der Waals surface area contributed by atoms with Gasteiger partial charge in [0.15, 0.2) is 0 Å². The molecular formula is C43H27N3. The van der Waals surface area contributed by atoms with Gasteiger partial charge in [0.25, 0.3) is 0 Å². The highest BCUT2D eigenvalue weighted by Gasteiger charge is 2.17. The van der Waals surface area contributed by atoms with E-state index in [0.29, 0.717) is 0 Å². The molecule has 0 aliphatic heterocycles. The first-order chi connectivity index (χ1) is 22.8. The molecule has 0 fully saturated rings. The van der Waals surface area contributed by atoms with Gasteiger partial charge in [-0.2, -0.15) is 0 Å². The zero-order chi connectivity index (χ0) is 30.2. The number of rotatable bonds is 3. The van der Waals surface area contributed by atoms with Crippen molar-refractivity contribution in [3.63, 3.8) is 0 Å². The van der Waals surface area contributed by atoms with E-state index >= 15 is 0 Å². The number of hydrogen-bond donors (Lipinski definition) is 0. The minimum absolute atomic E-state index is 1.14. The number of benzene rings is 7. The SMILES string of the molecule is c1ccc(-n2c3ccccc3c3cc4cc5c6ccccc6n(-c6ccc(-c7cncc8ccccc78)cc6)c5cc4cc32)cc1. The smallest absolute Gasteiger partial charge is 0.0547 e. The molecule has 7 aromatic carbocycles. The van der Waals surface area contributed by atoms with Crippen LogP contribution >= 0.6 is 0 Å². The first kappa shape index (κ1) is 25.2. The largest absolute Gasteiger partial charge is 0.309 e. The van der Waals surface area contributed by atoms with Crippen LogP contribution in [0, 0.1) is 0 Å². The maximum atomic E-state index is 4.53. The van der Waals surface area contributed by atoms with Gasteiger partial charge in [-0.25, -0.2) is 0 Å². The van der Waals surface area contributed by atoms with E-state index in [1.54, 1.807) is 0 Å². The van der Waals surface area contributed by atoms with Crippen LogP contribution < -0.4 is 0 Å². The van der Waals surface area contributed by atoms with E-state index in [1.807, 2.05) is 12.4 Å². The van der Waals surface area contributed by atoms with Crippen LogP contribution in [0.5, 0.6) is 0 Å². The quantitative estimate of drug-likeness (QED) is 0.202. The molecular weight excluding hydrogens is 558 g/mol. The molecule has 0 radical (unpaired) electrons. The van der Waals surface area contributed by atoms with E-state index in [-0.39, 0.29) is 0 Å². The Labute approximate surface area is 265 Å². The van der Waals surface area contributed by atoms with Gasteiger partial charge in [-0.3, -0.25) is 4.98 Å². The van der Waals surface area contributed by atoms with Crippen LogP contribution in [0.1, 0.15) is 0 Å². The van der Waals surface area contributed by atoms with E-state index in [0.717, 1.165) is 22.2 Å². The molecule has 0 bridgehead atoms. The summed E-state index contributed by atoms with van der Waals surface area (Å²) in [6.07, 6.45) is 3.90. The van der Waals surface area contributed by atoms with E-state index < -0.39 is 0 Å². The van der Waals surface area contributed by atoms with E-state index in [1.165, 1.54) is 65.5 Å². The van der Waals surface area contributed by atoms with E-state index in [4.69, 9.17) is 0 Å². The summed E-state index contributed by atoms with van der Waals surface area (Å²) in [4.78, 5) is 4.53. The Bertz CT molecular complexity index is 2780. The molecule has 0 atom stereocenters. The number of para-hydroxylation sites is 3. The van der Waals surface area contributed by atoms with Gasteiger partial charge in [-0.05, 0) is 82.4 Å². The summed E-state index contributed by atoms with van der Waals surface area (Å²) in [6, 6.07) is 55.1. The number of nitrogens with zero attached hydrogens (tertiary/aromatic N) is 3. The highest BCUT2D eigenvalue weighted by molar-refractivity contribution is 6.18. The van der Waals surface area contributed by atoms with Crippen LogP contribution in [0.2, 0.25) is 0 Å². The van der Waals surface area contributed by atoms with Crippen LogP contribution in [0.25, 0.3) is 87.7 Å². The standard InChI is InChI=1S/C43H27N3/c1-2-11-32(12-3-1)45-40-16-8-6-14-35(40)37-22-30-23-38-36-15-7-9-17-41(36)46(43(38)25-31(30)24-42(37)45)33-20-18-28(19-21-33)39-27-44-26-29-10-4-5-13-34(29)39/h1-27H. The molecule has 3 heterocycles. The molecule has 0 saturated carbocycles. The molecule has 0 N–H and O–H groups in total. The summed E-state index contributed by atoms with van der Waals surface area (Å²) < 4.78 is 4.80. The fourth-order valence-electron chi connectivity index (χ4n) is 7.45. The third-order valence-electron chi connectivity index (χ3n) is 9.54. The maximum absolute atomic E-state index is 4.53. The normalized spacial score (nSPS) is 11.9. The lowest BCUT2D eigenvalue weighted by Gasteiger charge is -2.11. The third kappa shape index (κ3) is 3.63. The summed E-state index contributed by atoms with van der Waals surface area (Å²) in [5, 5.41) is 9.90. The predicted octanol–water partition coefficient (Wildman–Crippen LogP) is 11.2. The summed E-state index contributed by atoms with van der Waals surface area (Å²) in [6.45, 7) is 0. The molecule has 10 rings (SSSR count). The molecule has 3 nitrogen and oxygen atoms in total. The lowest BCUT2D eigenvalue weighted by Crippen LogP contribution is -1.94. The minimum atomic E-state index is 1.14. The number of pyridine rings is 1. The molecule has 3 heteroatoms. The fourth-order valence-corrected chi connectivity index (χ4v) is 7.45. The van der Waals surface area contributed by atoms with Crippen molar-refractivity contribution >= 4 is 65.2 Å². The van der Waals surface area contributed by atoms with Gasteiger partial charge in [0, 0.05) is 56.3 Å². The molecule has 46 heavy (non-hydrogen) atoms. The Hall–Kier alpha value is -6.19. The monoisotopic (exact) mass is 585 g/mol. The fraction of sp³-hybridized carbons (Fsp3) is 0. The molecule has 10 aromatic rings. The van der Waals surface area contributed by atoms with Crippen molar-refractivity contribution < 1.29 is 0 Å². The van der Waals surface area contributed by atoms with Gasteiger partial charge < -0.3 is 9.13 Å². The molecule has 0 amide bonds. The highest BCUT2D eigenvalue weighted by Crippen LogP contribution is 2.39. The Morgan fingerprint density at radius 3 is 1.52 bits per heavy atom. The number of aromatic nitrogens is 3. The summed E-state index contributed by atoms with van der Waals surface area (Å²) in [5.74, 6) is 0. The number of hydrogen-bond acceptors (Lipinski definition) is 1. The van der Waals surface area contributed by atoms with E-state index in [9.17, 15) is 0 Å². The average Bonchev–Trinajstić information content (AvgIpc) is 3.61. The second kappa shape index (κ2) is 9.65. The van der Waals surface area contributed by atoms with Crippen molar-refractivity contribution in [2.45, 2.75) is 0 Å². The highest BCUT2D eigenvalue weighted by atomic mass is 15.0. The molecule has 3 aromatic heterocycles. The Morgan fingerprint density at radius 1 is 0.348 bits per heavy atom. The van der Waals surface area contributed by atoms with Crippen molar-refractivity contribution in [1.29, 1.82) is 0 Å². The molecule has 0 spiro atoms. The molecule has 0 aliphatic carbocycles. The molecule has 0 unspecified atom stereocenters. The van der Waals surface area contributed by atoms with Crippen molar-refractivity contribution in [3.8, 4) is 22.5 Å². The minimum Gasteiger partial charge on any atom is -0.309 e. The van der Waals surface area contributed by atoms with Gasteiger partial charge in [0.1, 0.15) is 0 Å². The van der Waals surface area contributed by atoms with Crippen LogP contribution in [-0.2, 0) is 0 Å². The van der Waals surface area contributed by atoms with Gasteiger partial charge in [-0.1, -0.05) is 91.0 Å². The Balaban J connectivity index is 1.22. The first-order valence-corrected chi connectivity index (χ1v) is 15.7. The van der Waals surface area contributed by atoms with Crippen LogP contribution in [0.15, 0.2) is 164 Å². The molecule has 0 aliphatic rings. The van der Waals surface area contributed by atoms with Crippen molar-refractivity contribution in [3.05, 3.63) is 164 Å². The summed E-state index contributed by atoms with van der Waals surface area (Å²) >= 11 is 0. The lowest BCUT2D eigenvalue weighted by molar-refractivity contribution is 1.18. The van der Waals surface area contributed by atoms with Crippen LogP contribution in [0.3, 0.4) is 0 Å². The first-order valence-electron chi connectivity index (χ1n) is 15.7. The molecule has 0 saturated heterocycles. The van der Waals surface area contributed by atoms with Crippen LogP contribution in [0.4, 0.5) is 0 Å². The van der Waals surface area contributed by atoms with Crippen LogP contribution in [-0.4, -0.2) is 14.1 Å². The van der Waals surface area contributed by atoms with E-state index in [2.05, 4.69) is 166 Å². The zero-order valence-electron chi connectivity index (χ0n) is 24.9. The third-order valence-corrected chi connectivity index (χ3v) is 9.54. The molecule has 214 valence electrons. The van der Waals surface area contributed by atoms with Gasteiger partial charge in [0.05, 0.1) is 22.1 Å².